The summed E-state index contributed by atoms with van der Waals surface area (Å²) in [6, 6.07) is 12.5. The van der Waals surface area contributed by atoms with Crippen molar-refractivity contribution in [3.05, 3.63) is 75.0 Å². The molecule has 6 nitrogen and oxygen atoms in total. The van der Waals surface area contributed by atoms with Gasteiger partial charge in [0, 0.05) is 0 Å². The summed E-state index contributed by atoms with van der Waals surface area (Å²) in [5.41, 5.74) is 4.13. The van der Waals surface area contributed by atoms with Gasteiger partial charge in [-0.25, -0.2) is 9.48 Å². The standard InChI is InChI=1S/C21H19Cl2N3O3/c1-12-7-9-15(10-8-12)26-14(3)20(13(2)25-26)24-18(27)11-29-21(28)16-5-4-6-17(22)19(16)23/h4-10H,11H2,1-3H3,(H,24,27). The van der Waals surface area contributed by atoms with Crippen molar-refractivity contribution in [2.45, 2.75) is 20.8 Å². The SMILES string of the molecule is Cc1ccc(-n2nc(C)c(NC(=O)COC(=O)c3cccc(Cl)c3Cl)c2C)cc1. The molecular formula is C21H19Cl2N3O3. The number of anilines is 1. The molecule has 0 fully saturated rings. The number of hydrogen-bond acceptors (Lipinski definition) is 4. The third-order valence-electron chi connectivity index (χ3n) is 4.34. The third kappa shape index (κ3) is 4.60. The number of aryl methyl sites for hydroxylation is 2. The van der Waals surface area contributed by atoms with Gasteiger partial charge >= 0.3 is 5.97 Å². The Hall–Kier alpha value is -2.83. The highest BCUT2D eigenvalue weighted by atomic mass is 35.5. The second-order valence-corrected chi connectivity index (χ2v) is 7.30. The lowest BCUT2D eigenvalue weighted by Gasteiger charge is -2.09. The summed E-state index contributed by atoms with van der Waals surface area (Å²) >= 11 is 11.9. The van der Waals surface area contributed by atoms with Crippen molar-refractivity contribution in [1.29, 1.82) is 0 Å². The number of amides is 1. The van der Waals surface area contributed by atoms with Crippen LogP contribution in [0.25, 0.3) is 5.69 Å². The number of aromatic nitrogens is 2. The Morgan fingerprint density at radius 2 is 1.76 bits per heavy atom. The first-order valence-electron chi connectivity index (χ1n) is 8.82. The Morgan fingerprint density at radius 3 is 2.45 bits per heavy atom. The van der Waals surface area contributed by atoms with Crippen LogP contribution in [0.3, 0.4) is 0 Å². The van der Waals surface area contributed by atoms with E-state index in [0.29, 0.717) is 11.4 Å². The highest BCUT2D eigenvalue weighted by Gasteiger charge is 2.18. The van der Waals surface area contributed by atoms with E-state index in [1.165, 1.54) is 6.07 Å². The summed E-state index contributed by atoms with van der Waals surface area (Å²) in [4.78, 5) is 24.5. The minimum absolute atomic E-state index is 0.0886. The van der Waals surface area contributed by atoms with Gasteiger partial charge in [0.25, 0.3) is 5.91 Å². The molecule has 0 bridgehead atoms. The molecule has 1 aromatic heterocycles. The Balaban J connectivity index is 1.69. The van der Waals surface area contributed by atoms with E-state index in [1.807, 2.05) is 38.1 Å². The first-order chi connectivity index (χ1) is 13.8. The van der Waals surface area contributed by atoms with E-state index in [4.69, 9.17) is 27.9 Å². The fraction of sp³-hybridized carbons (Fsp3) is 0.190. The van der Waals surface area contributed by atoms with E-state index >= 15 is 0 Å². The van der Waals surface area contributed by atoms with Crippen molar-refractivity contribution in [3.63, 3.8) is 0 Å². The second kappa shape index (κ2) is 8.68. The molecule has 0 saturated carbocycles. The van der Waals surface area contributed by atoms with Gasteiger partial charge in [-0.15, -0.1) is 0 Å². The zero-order valence-electron chi connectivity index (χ0n) is 16.1. The second-order valence-electron chi connectivity index (χ2n) is 6.52. The maximum atomic E-state index is 12.3. The third-order valence-corrected chi connectivity index (χ3v) is 5.16. The van der Waals surface area contributed by atoms with Gasteiger partial charge in [-0.1, -0.05) is 47.0 Å². The Morgan fingerprint density at radius 1 is 1.07 bits per heavy atom. The molecule has 3 aromatic rings. The summed E-state index contributed by atoms with van der Waals surface area (Å²) in [6.07, 6.45) is 0. The highest BCUT2D eigenvalue weighted by molar-refractivity contribution is 6.43. The summed E-state index contributed by atoms with van der Waals surface area (Å²) < 4.78 is 6.81. The minimum atomic E-state index is -0.726. The van der Waals surface area contributed by atoms with E-state index in [-0.39, 0.29) is 15.6 Å². The number of nitrogens with one attached hydrogen (secondary N) is 1. The molecule has 3 rings (SSSR count). The predicted molar refractivity (Wildman–Crippen MR) is 113 cm³/mol. The van der Waals surface area contributed by atoms with E-state index in [1.54, 1.807) is 23.7 Å². The van der Waals surface area contributed by atoms with Crippen molar-refractivity contribution in [1.82, 2.24) is 9.78 Å². The van der Waals surface area contributed by atoms with Gasteiger partial charge in [0.2, 0.25) is 0 Å². The number of ether oxygens (including phenoxy) is 1. The monoisotopic (exact) mass is 431 g/mol. The quantitative estimate of drug-likeness (QED) is 0.582. The van der Waals surface area contributed by atoms with Crippen molar-refractivity contribution in [3.8, 4) is 5.69 Å². The molecule has 0 saturated heterocycles. The molecule has 0 atom stereocenters. The lowest BCUT2D eigenvalue weighted by molar-refractivity contribution is -0.119. The van der Waals surface area contributed by atoms with Gasteiger partial charge < -0.3 is 10.1 Å². The number of benzene rings is 2. The highest BCUT2D eigenvalue weighted by Crippen LogP contribution is 2.26. The van der Waals surface area contributed by atoms with Gasteiger partial charge in [-0.05, 0) is 45.0 Å². The average molecular weight is 432 g/mol. The molecular weight excluding hydrogens is 413 g/mol. The predicted octanol–water partition coefficient (Wildman–Crippen LogP) is 4.90. The number of nitrogens with zero attached hydrogens (tertiary/aromatic N) is 2. The van der Waals surface area contributed by atoms with E-state index < -0.39 is 18.5 Å². The lowest BCUT2D eigenvalue weighted by Crippen LogP contribution is -2.21. The van der Waals surface area contributed by atoms with Crippen LogP contribution in [0.5, 0.6) is 0 Å². The minimum Gasteiger partial charge on any atom is -0.452 e. The number of carbonyl (C=O) groups excluding carboxylic acids is 2. The van der Waals surface area contributed by atoms with E-state index in [2.05, 4.69) is 10.4 Å². The zero-order chi connectivity index (χ0) is 21.1. The number of carbonyl (C=O) groups is 2. The van der Waals surface area contributed by atoms with Crippen LogP contribution >= 0.6 is 23.2 Å². The zero-order valence-corrected chi connectivity index (χ0v) is 17.6. The van der Waals surface area contributed by atoms with Crippen molar-refractivity contribution >= 4 is 40.8 Å². The van der Waals surface area contributed by atoms with Crippen molar-refractivity contribution in [2.75, 3.05) is 11.9 Å². The van der Waals surface area contributed by atoms with Crippen LogP contribution in [0.1, 0.15) is 27.3 Å². The maximum absolute atomic E-state index is 12.3. The fourth-order valence-corrected chi connectivity index (χ4v) is 3.18. The molecule has 0 spiro atoms. The van der Waals surface area contributed by atoms with Crippen LogP contribution in [-0.4, -0.2) is 28.3 Å². The summed E-state index contributed by atoms with van der Waals surface area (Å²) in [6.45, 7) is 5.20. The molecule has 150 valence electrons. The smallest absolute Gasteiger partial charge is 0.340 e. The van der Waals surface area contributed by atoms with E-state index in [9.17, 15) is 9.59 Å². The van der Waals surface area contributed by atoms with Crippen LogP contribution in [0.2, 0.25) is 10.0 Å². The molecule has 1 N–H and O–H groups in total. The number of hydrogen-bond donors (Lipinski definition) is 1. The number of esters is 1. The Kier molecular flexibility index (Phi) is 6.25. The van der Waals surface area contributed by atoms with Crippen LogP contribution in [0.4, 0.5) is 5.69 Å². The lowest BCUT2D eigenvalue weighted by atomic mass is 10.2. The van der Waals surface area contributed by atoms with Crippen LogP contribution in [0, 0.1) is 20.8 Å². The largest absolute Gasteiger partial charge is 0.452 e. The van der Waals surface area contributed by atoms with Gasteiger partial charge in [0.1, 0.15) is 0 Å². The summed E-state index contributed by atoms with van der Waals surface area (Å²) in [5.74, 6) is -1.21. The molecule has 0 aliphatic carbocycles. The molecule has 0 aliphatic heterocycles. The topological polar surface area (TPSA) is 73.2 Å². The summed E-state index contributed by atoms with van der Waals surface area (Å²) in [7, 11) is 0. The van der Waals surface area contributed by atoms with Gasteiger partial charge in [0.05, 0.1) is 38.4 Å². The average Bonchev–Trinajstić information content (AvgIpc) is 2.97. The summed E-state index contributed by atoms with van der Waals surface area (Å²) in [5, 5.41) is 7.57. The number of halogens is 2. The maximum Gasteiger partial charge on any atom is 0.340 e. The molecule has 8 heteroatoms. The van der Waals surface area contributed by atoms with Gasteiger partial charge in [-0.2, -0.15) is 5.10 Å². The molecule has 0 unspecified atom stereocenters. The van der Waals surface area contributed by atoms with Gasteiger partial charge in [0.15, 0.2) is 6.61 Å². The number of rotatable bonds is 5. The first kappa shape index (κ1) is 20.9. The van der Waals surface area contributed by atoms with E-state index in [0.717, 1.165) is 16.9 Å². The van der Waals surface area contributed by atoms with Gasteiger partial charge in [-0.3, -0.25) is 4.79 Å². The van der Waals surface area contributed by atoms with Crippen LogP contribution in [0.15, 0.2) is 42.5 Å². The molecule has 1 amide bonds. The van der Waals surface area contributed by atoms with Crippen LogP contribution in [-0.2, 0) is 9.53 Å². The normalized spacial score (nSPS) is 10.7. The molecule has 2 aromatic carbocycles. The molecule has 29 heavy (non-hydrogen) atoms. The van der Waals surface area contributed by atoms with Crippen LogP contribution < -0.4 is 5.32 Å². The Labute approximate surface area is 178 Å². The Bertz CT molecular complexity index is 1080. The molecule has 1 heterocycles. The fourth-order valence-electron chi connectivity index (χ4n) is 2.81. The van der Waals surface area contributed by atoms with Crippen molar-refractivity contribution in [2.24, 2.45) is 0 Å². The molecule has 0 aliphatic rings. The van der Waals surface area contributed by atoms with Crippen molar-refractivity contribution < 1.29 is 14.3 Å². The molecule has 0 radical (unpaired) electrons. The first-order valence-corrected chi connectivity index (χ1v) is 9.57.